The molecule has 0 spiro atoms. The van der Waals surface area contributed by atoms with Crippen molar-refractivity contribution < 1.29 is 9.53 Å². The van der Waals surface area contributed by atoms with Crippen LogP contribution >= 0.6 is 23.1 Å². The van der Waals surface area contributed by atoms with Crippen LogP contribution < -0.4 is 15.4 Å². The molecule has 29 heavy (non-hydrogen) atoms. The molecule has 3 aromatic rings. The number of nitrogens with one attached hydrogen (secondary N) is 2. The Kier molecular flexibility index (Phi) is 6.75. The number of aromatic nitrogens is 4. The molecule has 1 atom stereocenters. The molecular weight excluding hydrogens is 408 g/mol. The van der Waals surface area contributed by atoms with Crippen molar-refractivity contribution in [2.45, 2.75) is 37.3 Å². The molecule has 154 valence electrons. The van der Waals surface area contributed by atoms with Crippen LogP contribution in [-0.4, -0.2) is 37.7 Å². The zero-order valence-corrected chi connectivity index (χ0v) is 18.6. The molecule has 1 amide bonds. The summed E-state index contributed by atoms with van der Waals surface area (Å²) in [6.07, 6.45) is 0. The van der Waals surface area contributed by atoms with E-state index in [0.29, 0.717) is 16.1 Å². The van der Waals surface area contributed by atoms with Gasteiger partial charge in [0.05, 0.1) is 34.6 Å². The number of thioether (sulfide) groups is 1. The van der Waals surface area contributed by atoms with Crippen LogP contribution in [0, 0.1) is 13.8 Å². The van der Waals surface area contributed by atoms with E-state index in [-0.39, 0.29) is 11.2 Å². The number of ether oxygens (including phenoxy) is 1. The molecule has 2 aromatic heterocycles. The zero-order chi connectivity index (χ0) is 21.0. The molecule has 0 aliphatic rings. The summed E-state index contributed by atoms with van der Waals surface area (Å²) in [5, 5.41) is 19.2. The van der Waals surface area contributed by atoms with Crippen molar-refractivity contribution in [2.75, 3.05) is 17.2 Å². The Hall–Kier alpha value is -2.59. The van der Waals surface area contributed by atoms with Gasteiger partial charge in [-0.05, 0) is 39.8 Å². The van der Waals surface area contributed by atoms with Crippen LogP contribution in [0.15, 0.2) is 28.6 Å². The smallest absolute Gasteiger partial charge is 0.237 e. The molecule has 0 aliphatic heterocycles. The maximum atomic E-state index is 12.6. The molecule has 0 bridgehead atoms. The first-order chi connectivity index (χ1) is 13.9. The van der Waals surface area contributed by atoms with Crippen LogP contribution in [0.3, 0.4) is 0 Å². The molecule has 3 rings (SSSR count). The van der Waals surface area contributed by atoms with E-state index in [1.165, 1.54) is 23.1 Å². The van der Waals surface area contributed by atoms with E-state index in [0.717, 1.165) is 28.5 Å². The third-order valence-corrected chi connectivity index (χ3v) is 6.26. The number of benzene rings is 1. The molecule has 0 saturated heterocycles. The fourth-order valence-electron chi connectivity index (χ4n) is 2.66. The second-order valence-electron chi connectivity index (χ2n) is 6.35. The van der Waals surface area contributed by atoms with E-state index in [4.69, 9.17) is 4.74 Å². The van der Waals surface area contributed by atoms with Crippen molar-refractivity contribution >= 4 is 45.5 Å². The number of aryl methyl sites for hydroxylation is 2. The summed E-state index contributed by atoms with van der Waals surface area (Å²) in [6.45, 7) is 8.18. The highest BCUT2D eigenvalue weighted by atomic mass is 32.2. The van der Waals surface area contributed by atoms with Gasteiger partial charge in [-0.3, -0.25) is 9.48 Å². The summed E-state index contributed by atoms with van der Waals surface area (Å²) in [5.74, 6) is 0.662. The molecule has 0 saturated carbocycles. The van der Waals surface area contributed by atoms with E-state index >= 15 is 0 Å². The molecule has 0 fully saturated rings. The monoisotopic (exact) mass is 432 g/mol. The van der Waals surface area contributed by atoms with E-state index in [9.17, 15) is 4.79 Å². The lowest BCUT2D eigenvalue weighted by atomic mass is 10.3. The van der Waals surface area contributed by atoms with Crippen LogP contribution in [0.4, 0.5) is 16.5 Å². The van der Waals surface area contributed by atoms with Crippen molar-refractivity contribution in [3.8, 4) is 5.75 Å². The zero-order valence-electron chi connectivity index (χ0n) is 17.0. The molecule has 1 aromatic carbocycles. The first-order valence-electron chi connectivity index (χ1n) is 9.19. The van der Waals surface area contributed by atoms with Gasteiger partial charge >= 0.3 is 0 Å². The molecule has 8 nitrogen and oxygen atoms in total. The van der Waals surface area contributed by atoms with E-state index < -0.39 is 0 Å². The predicted molar refractivity (Wildman–Crippen MR) is 117 cm³/mol. The maximum absolute atomic E-state index is 12.6. The Bertz CT molecular complexity index is 1000. The van der Waals surface area contributed by atoms with Gasteiger partial charge in [-0.1, -0.05) is 35.2 Å². The standard InChI is InChI=1S/C19H24N6O2S2/c1-6-27-15-10-8-7-9-14(15)20-18-22-23-19(29-18)28-13(4)17(26)21-16-11(2)24-25(5)12(16)3/h7-10,13H,6H2,1-5H3,(H,20,22)(H,21,26)/t13-/m1/s1. The number of amides is 1. The number of nitrogens with zero attached hydrogens (tertiary/aromatic N) is 4. The fraction of sp³-hybridized carbons (Fsp3) is 0.368. The van der Waals surface area contributed by atoms with Gasteiger partial charge < -0.3 is 15.4 Å². The summed E-state index contributed by atoms with van der Waals surface area (Å²) in [5.41, 5.74) is 3.31. The van der Waals surface area contributed by atoms with E-state index in [1.54, 1.807) is 4.68 Å². The van der Waals surface area contributed by atoms with Crippen LogP contribution in [0.25, 0.3) is 0 Å². The van der Waals surface area contributed by atoms with Crippen molar-refractivity contribution in [2.24, 2.45) is 7.05 Å². The third kappa shape index (κ3) is 5.07. The van der Waals surface area contributed by atoms with Crippen molar-refractivity contribution in [1.29, 1.82) is 0 Å². The van der Waals surface area contributed by atoms with Gasteiger partial charge in [0.25, 0.3) is 0 Å². The largest absolute Gasteiger partial charge is 0.492 e. The van der Waals surface area contributed by atoms with Crippen LogP contribution in [0.5, 0.6) is 5.75 Å². The van der Waals surface area contributed by atoms with Crippen LogP contribution in [0.1, 0.15) is 25.2 Å². The summed E-state index contributed by atoms with van der Waals surface area (Å²) >= 11 is 2.76. The summed E-state index contributed by atoms with van der Waals surface area (Å²) in [4.78, 5) is 12.6. The molecule has 10 heteroatoms. The number of carbonyl (C=O) groups excluding carboxylic acids is 1. The maximum Gasteiger partial charge on any atom is 0.237 e. The van der Waals surface area contributed by atoms with Crippen molar-refractivity contribution in [3.63, 3.8) is 0 Å². The van der Waals surface area contributed by atoms with Crippen molar-refractivity contribution in [1.82, 2.24) is 20.0 Å². The van der Waals surface area contributed by atoms with Gasteiger partial charge in [0.15, 0.2) is 4.34 Å². The number of rotatable bonds is 8. The van der Waals surface area contributed by atoms with E-state index in [2.05, 4.69) is 25.9 Å². The number of anilines is 3. The highest BCUT2D eigenvalue weighted by molar-refractivity contribution is 8.02. The lowest BCUT2D eigenvalue weighted by Crippen LogP contribution is -2.23. The van der Waals surface area contributed by atoms with Gasteiger partial charge in [0, 0.05) is 7.05 Å². The van der Waals surface area contributed by atoms with Gasteiger partial charge in [-0.25, -0.2) is 0 Å². The Morgan fingerprint density at radius 3 is 2.76 bits per heavy atom. The third-order valence-electron chi connectivity index (χ3n) is 4.24. The molecule has 0 aliphatic carbocycles. The molecule has 2 heterocycles. The average Bonchev–Trinajstić information content (AvgIpc) is 3.22. The second kappa shape index (κ2) is 9.27. The minimum atomic E-state index is -0.328. The van der Waals surface area contributed by atoms with Gasteiger partial charge in [0.2, 0.25) is 11.0 Å². The minimum Gasteiger partial charge on any atom is -0.492 e. The fourth-order valence-corrected chi connectivity index (χ4v) is 4.57. The Balaban J connectivity index is 1.63. The van der Waals surface area contributed by atoms with Gasteiger partial charge in [-0.2, -0.15) is 5.10 Å². The molecule has 2 N–H and O–H groups in total. The first-order valence-corrected chi connectivity index (χ1v) is 10.9. The topological polar surface area (TPSA) is 94.0 Å². The highest BCUT2D eigenvalue weighted by Gasteiger charge is 2.20. The average molecular weight is 433 g/mol. The quantitative estimate of drug-likeness (QED) is 0.516. The normalized spacial score (nSPS) is 11.9. The molecular formula is C19H24N6O2S2. The Morgan fingerprint density at radius 2 is 2.07 bits per heavy atom. The van der Waals surface area contributed by atoms with Crippen molar-refractivity contribution in [3.05, 3.63) is 35.7 Å². The number of carbonyl (C=O) groups is 1. The van der Waals surface area contributed by atoms with Crippen LogP contribution in [-0.2, 0) is 11.8 Å². The van der Waals surface area contributed by atoms with Gasteiger partial charge in [0.1, 0.15) is 5.75 Å². The summed E-state index contributed by atoms with van der Waals surface area (Å²) in [6, 6.07) is 7.67. The second-order valence-corrected chi connectivity index (χ2v) is 8.91. The molecule has 0 radical (unpaired) electrons. The first kappa shape index (κ1) is 21.1. The van der Waals surface area contributed by atoms with E-state index in [1.807, 2.05) is 59.0 Å². The number of hydrogen-bond donors (Lipinski definition) is 2. The number of hydrogen-bond acceptors (Lipinski definition) is 8. The van der Waals surface area contributed by atoms with Gasteiger partial charge in [-0.15, -0.1) is 10.2 Å². The summed E-state index contributed by atoms with van der Waals surface area (Å²) in [7, 11) is 1.86. The Morgan fingerprint density at radius 1 is 1.31 bits per heavy atom. The lowest BCUT2D eigenvalue weighted by molar-refractivity contribution is -0.115. The highest BCUT2D eigenvalue weighted by Crippen LogP contribution is 2.33. The number of para-hydroxylation sites is 2. The molecule has 0 unspecified atom stereocenters. The minimum absolute atomic E-state index is 0.0967. The lowest BCUT2D eigenvalue weighted by Gasteiger charge is -2.10. The Labute approximate surface area is 178 Å². The SMILES string of the molecule is CCOc1ccccc1Nc1nnc(S[C@H](C)C(=O)Nc2c(C)nn(C)c2C)s1. The summed E-state index contributed by atoms with van der Waals surface area (Å²) < 4.78 is 8.09. The van der Waals surface area contributed by atoms with Crippen LogP contribution in [0.2, 0.25) is 0 Å². The predicted octanol–water partition coefficient (Wildman–Crippen LogP) is 4.15.